The molecule has 2 fully saturated rings. The van der Waals surface area contributed by atoms with Gasteiger partial charge in [-0.1, -0.05) is 0 Å². The molecule has 1 aromatic carbocycles. The first-order valence-corrected chi connectivity index (χ1v) is 7.46. The zero-order valence-corrected chi connectivity index (χ0v) is 11.7. The van der Waals surface area contributed by atoms with Crippen molar-refractivity contribution in [1.82, 2.24) is 4.90 Å². The summed E-state index contributed by atoms with van der Waals surface area (Å²) < 4.78 is 11.0. The summed E-state index contributed by atoms with van der Waals surface area (Å²) >= 11 is 0. The summed E-state index contributed by atoms with van der Waals surface area (Å²) in [5.41, 5.74) is 0.616. The standard InChI is InChI=1S/C16H17NO4/c18-13-8-11-2-3-12(9-13)17(11)16(19)10-1-4-14-15(7-10)21-6-5-20-14/h1,4,7,11-12H,2-3,5-6,8-9H2/t11-,12+. The number of carbonyl (C=O) groups is 2. The number of hydrogen-bond donors (Lipinski definition) is 0. The van der Waals surface area contributed by atoms with E-state index in [4.69, 9.17) is 9.47 Å². The summed E-state index contributed by atoms with van der Waals surface area (Å²) in [4.78, 5) is 26.3. The van der Waals surface area contributed by atoms with E-state index in [1.165, 1.54) is 0 Å². The highest BCUT2D eigenvalue weighted by Gasteiger charge is 2.43. The molecule has 1 amide bonds. The molecule has 4 rings (SSSR count). The van der Waals surface area contributed by atoms with Crippen LogP contribution in [-0.2, 0) is 4.79 Å². The van der Waals surface area contributed by atoms with Gasteiger partial charge in [0.2, 0.25) is 0 Å². The minimum Gasteiger partial charge on any atom is -0.486 e. The highest BCUT2D eigenvalue weighted by atomic mass is 16.6. The van der Waals surface area contributed by atoms with Crippen LogP contribution in [0, 0.1) is 0 Å². The van der Waals surface area contributed by atoms with Gasteiger partial charge in [-0.05, 0) is 31.0 Å². The van der Waals surface area contributed by atoms with Crippen LogP contribution in [-0.4, -0.2) is 41.9 Å². The van der Waals surface area contributed by atoms with E-state index in [9.17, 15) is 9.59 Å². The van der Waals surface area contributed by atoms with Crippen molar-refractivity contribution >= 4 is 11.7 Å². The van der Waals surface area contributed by atoms with Gasteiger partial charge in [-0.2, -0.15) is 0 Å². The van der Waals surface area contributed by atoms with E-state index in [-0.39, 0.29) is 23.8 Å². The van der Waals surface area contributed by atoms with Crippen LogP contribution in [0.1, 0.15) is 36.0 Å². The summed E-state index contributed by atoms with van der Waals surface area (Å²) in [7, 11) is 0. The van der Waals surface area contributed by atoms with E-state index in [2.05, 4.69) is 0 Å². The third-order valence-corrected chi connectivity index (χ3v) is 4.57. The van der Waals surface area contributed by atoms with E-state index in [1.807, 2.05) is 4.90 Å². The molecule has 2 saturated heterocycles. The molecule has 0 unspecified atom stereocenters. The number of nitrogens with zero attached hydrogens (tertiary/aromatic N) is 1. The van der Waals surface area contributed by atoms with Gasteiger partial charge in [-0.15, -0.1) is 0 Å². The number of ketones is 1. The Kier molecular flexibility index (Phi) is 2.87. The highest BCUT2D eigenvalue weighted by Crippen LogP contribution is 2.37. The summed E-state index contributed by atoms with van der Waals surface area (Å²) in [5.74, 6) is 1.61. The van der Waals surface area contributed by atoms with Crippen LogP contribution < -0.4 is 9.47 Å². The molecule has 0 N–H and O–H groups in total. The molecule has 0 aliphatic carbocycles. The van der Waals surface area contributed by atoms with Gasteiger partial charge in [0.1, 0.15) is 19.0 Å². The van der Waals surface area contributed by atoms with Crippen molar-refractivity contribution in [3.63, 3.8) is 0 Å². The molecule has 0 radical (unpaired) electrons. The van der Waals surface area contributed by atoms with Crippen molar-refractivity contribution in [3.05, 3.63) is 23.8 Å². The lowest BCUT2D eigenvalue weighted by Gasteiger charge is -2.34. The van der Waals surface area contributed by atoms with Gasteiger partial charge < -0.3 is 14.4 Å². The molecule has 0 saturated carbocycles. The Hall–Kier alpha value is -2.04. The molecule has 3 heterocycles. The average molecular weight is 287 g/mol. The van der Waals surface area contributed by atoms with Crippen LogP contribution in [0.25, 0.3) is 0 Å². The molecule has 1 aromatic rings. The lowest BCUT2D eigenvalue weighted by Crippen LogP contribution is -2.46. The minimum absolute atomic E-state index is 0.00646. The first-order chi connectivity index (χ1) is 10.2. The minimum atomic E-state index is 0.00646. The maximum Gasteiger partial charge on any atom is 0.254 e. The maximum atomic E-state index is 12.8. The van der Waals surface area contributed by atoms with E-state index in [1.54, 1.807) is 18.2 Å². The van der Waals surface area contributed by atoms with E-state index >= 15 is 0 Å². The van der Waals surface area contributed by atoms with E-state index < -0.39 is 0 Å². The molecule has 0 aromatic heterocycles. The summed E-state index contributed by atoms with van der Waals surface area (Å²) in [6.45, 7) is 1.05. The summed E-state index contributed by atoms with van der Waals surface area (Å²) in [6, 6.07) is 5.49. The first-order valence-electron chi connectivity index (χ1n) is 7.46. The number of fused-ring (bicyclic) bond motifs is 3. The number of benzene rings is 1. The number of piperidine rings is 1. The summed E-state index contributed by atoms with van der Waals surface area (Å²) in [5, 5.41) is 0. The third-order valence-electron chi connectivity index (χ3n) is 4.57. The largest absolute Gasteiger partial charge is 0.486 e. The maximum absolute atomic E-state index is 12.8. The molecular weight excluding hydrogens is 270 g/mol. The van der Waals surface area contributed by atoms with Crippen LogP contribution in [0.4, 0.5) is 0 Å². The molecule has 21 heavy (non-hydrogen) atoms. The van der Waals surface area contributed by atoms with Crippen molar-refractivity contribution in [2.45, 2.75) is 37.8 Å². The van der Waals surface area contributed by atoms with E-state index in [0.29, 0.717) is 43.1 Å². The van der Waals surface area contributed by atoms with Gasteiger partial charge in [-0.25, -0.2) is 0 Å². The SMILES string of the molecule is O=C1C[C@H]2CC[C@@H](C1)N2C(=O)c1ccc2c(c1)OCCO2. The Bertz CT molecular complexity index is 596. The van der Waals surface area contributed by atoms with Crippen LogP contribution in [0.2, 0.25) is 0 Å². The number of Topliss-reactive ketones (excluding diaryl/α,β-unsaturated/α-hetero) is 1. The molecular formula is C16H17NO4. The molecule has 3 aliphatic rings. The summed E-state index contributed by atoms with van der Waals surface area (Å²) in [6.07, 6.45) is 2.89. The number of amides is 1. The Morgan fingerprint density at radius 3 is 2.43 bits per heavy atom. The van der Waals surface area contributed by atoms with Gasteiger partial charge in [0, 0.05) is 30.5 Å². The second kappa shape index (κ2) is 4.76. The Morgan fingerprint density at radius 2 is 1.71 bits per heavy atom. The Balaban J connectivity index is 1.62. The van der Waals surface area contributed by atoms with Gasteiger partial charge in [-0.3, -0.25) is 9.59 Å². The fourth-order valence-corrected chi connectivity index (χ4v) is 3.63. The van der Waals surface area contributed by atoms with Crippen LogP contribution in [0.5, 0.6) is 11.5 Å². The highest BCUT2D eigenvalue weighted by molar-refractivity contribution is 5.97. The van der Waals surface area contributed by atoms with Crippen LogP contribution in [0.3, 0.4) is 0 Å². The lowest BCUT2D eigenvalue weighted by molar-refractivity contribution is -0.122. The van der Waals surface area contributed by atoms with Crippen molar-refractivity contribution in [2.75, 3.05) is 13.2 Å². The number of rotatable bonds is 1. The number of ether oxygens (including phenoxy) is 2. The topological polar surface area (TPSA) is 55.8 Å². The van der Waals surface area contributed by atoms with Gasteiger partial charge in [0.25, 0.3) is 5.91 Å². The second-order valence-corrected chi connectivity index (χ2v) is 5.90. The first kappa shape index (κ1) is 12.7. The quantitative estimate of drug-likeness (QED) is 0.790. The molecule has 2 atom stereocenters. The predicted octanol–water partition coefficient (Wildman–Crippen LogP) is 1.79. The molecule has 0 spiro atoms. The Morgan fingerprint density at radius 1 is 1.05 bits per heavy atom. The van der Waals surface area contributed by atoms with Crippen LogP contribution in [0.15, 0.2) is 18.2 Å². The van der Waals surface area contributed by atoms with Gasteiger partial charge >= 0.3 is 0 Å². The fraction of sp³-hybridized carbons (Fsp3) is 0.500. The van der Waals surface area contributed by atoms with Crippen molar-refractivity contribution in [3.8, 4) is 11.5 Å². The fourth-order valence-electron chi connectivity index (χ4n) is 3.63. The van der Waals surface area contributed by atoms with Gasteiger partial charge in [0.05, 0.1) is 0 Å². The lowest BCUT2D eigenvalue weighted by atomic mass is 10.00. The normalized spacial score (nSPS) is 26.9. The Labute approximate surface area is 122 Å². The van der Waals surface area contributed by atoms with Gasteiger partial charge in [0.15, 0.2) is 11.5 Å². The van der Waals surface area contributed by atoms with Crippen molar-refractivity contribution in [1.29, 1.82) is 0 Å². The zero-order chi connectivity index (χ0) is 14.4. The molecule has 5 heteroatoms. The molecule has 2 bridgehead atoms. The monoisotopic (exact) mass is 287 g/mol. The smallest absolute Gasteiger partial charge is 0.254 e. The molecule has 110 valence electrons. The van der Waals surface area contributed by atoms with Crippen LogP contribution >= 0.6 is 0 Å². The predicted molar refractivity (Wildman–Crippen MR) is 74.7 cm³/mol. The third kappa shape index (κ3) is 2.07. The van der Waals surface area contributed by atoms with Crippen molar-refractivity contribution < 1.29 is 19.1 Å². The molecule has 5 nitrogen and oxygen atoms in total. The number of hydrogen-bond acceptors (Lipinski definition) is 4. The van der Waals surface area contributed by atoms with Crippen molar-refractivity contribution in [2.24, 2.45) is 0 Å². The molecule has 3 aliphatic heterocycles. The average Bonchev–Trinajstić information content (AvgIpc) is 2.78. The zero-order valence-electron chi connectivity index (χ0n) is 11.7. The number of carbonyl (C=O) groups excluding carboxylic acids is 2. The second-order valence-electron chi connectivity index (χ2n) is 5.90. The van der Waals surface area contributed by atoms with E-state index in [0.717, 1.165) is 12.8 Å².